The molecule has 5 nitrogen and oxygen atoms in total. The summed E-state index contributed by atoms with van der Waals surface area (Å²) in [6.45, 7) is 3.92. The molecule has 2 atom stereocenters. The van der Waals surface area contributed by atoms with Crippen LogP contribution in [-0.2, 0) is 11.2 Å². The number of amides is 1. The molecule has 2 aliphatic rings. The molecule has 0 bridgehead atoms. The summed E-state index contributed by atoms with van der Waals surface area (Å²) >= 11 is 0. The van der Waals surface area contributed by atoms with Crippen LogP contribution in [-0.4, -0.2) is 47.2 Å². The van der Waals surface area contributed by atoms with Crippen molar-refractivity contribution in [3.05, 3.63) is 17.0 Å². The summed E-state index contributed by atoms with van der Waals surface area (Å²) in [5, 5.41) is 10.4. The van der Waals surface area contributed by atoms with E-state index in [0.29, 0.717) is 23.9 Å². The quantitative estimate of drug-likeness (QED) is 0.884. The van der Waals surface area contributed by atoms with E-state index in [9.17, 15) is 4.79 Å². The van der Waals surface area contributed by atoms with Gasteiger partial charge in [-0.2, -0.15) is 5.10 Å². The first-order valence-electron chi connectivity index (χ1n) is 7.90. The number of rotatable bonds is 4. The SMILES string of the molecule is Cc1n[nH]c(C)c1CC(=O)NC1CC(N(C)C)C12CCC2. The molecule has 2 saturated carbocycles. The molecule has 1 aromatic heterocycles. The van der Waals surface area contributed by atoms with E-state index in [1.165, 1.54) is 19.3 Å². The first-order valence-corrected chi connectivity index (χ1v) is 7.90. The van der Waals surface area contributed by atoms with Crippen molar-refractivity contribution in [1.29, 1.82) is 0 Å². The van der Waals surface area contributed by atoms with Crippen LogP contribution in [0.25, 0.3) is 0 Å². The zero-order valence-electron chi connectivity index (χ0n) is 13.5. The van der Waals surface area contributed by atoms with Crippen LogP contribution in [0, 0.1) is 19.3 Å². The zero-order valence-corrected chi connectivity index (χ0v) is 13.5. The van der Waals surface area contributed by atoms with Gasteiger partial charge in [-0.1, -0.05) is 6.42 Å². The molecular formula is C16H26N4O. The molecule has 5 heteroatoms. The van der Waals surface area contributed by atoms with Crippen LogP contribution in [0.5, 0.6) is 0 Å². The third-order valence-electron chi connectivity index (χ3n) is 5.68. The number of nitrogens with zero attached hydrogens (tertiary/aromatic N) is 2. The van der Waals surface area contributed by atoms with Gasteiger partial charge in [0, 0.05) is 28.8 Å². The Morgan fingerprint density at radius 3 is 2.62 bits per heavy atom. The smallest absolute Gasteiger partial charge is 0.224 e. The van der Waals surface area contributed by atoms with Crippen molar-refractivity contribution in [1.82, 2.24) is 20.4 Å². The maximum absolute atomic E-state index is 12.4. The topological polar surface area (TPSA) is 61.0 Å². The number of hydrogen-bond donors (Lipinski definition) is 2. The molecule has 116 valence electrons. The van der Waals surface area contributed by atoms with Crippen LogP contribution in [0.4, 0.5) is 0 Å². The van der Waals surface area contributed by atoms with Gasteiger partial charge >= 0.3 is 0 Å². The van der Waals surface area contributed by atoms with Crippen molar-refractivity contribution in [2.24, 2.45) is 5.41 Å². The predicted octanol–water partition coefficient (Wildman–Crippen LogP) is 1.56. The summed E-state index contributed by atoms with van der Waals surface area (Å²) < 4.78 is 0. The van der Waals surface area contributed by atoms with Crippen LogP contribution in [0.2, 0.25) is 0 Å². The Kier molecular flexibility index (Phi) is 3.56. The van der Waals surface area contributed by atoms with Gasteiger partial charge in [-0.25, -0.2) is 0 Å². The van der Waals surface area contributed by atoms with Gasteiger partial charge in [-0.05, 0) is 47.2 Å². The third kappa shape index (κ3) is 2.27. The lowest BCUT2D eigenvalue weighted by Crippen LogP contribution is -2.70. The predicted molar refractivity (Wildman–Crippen MR) is 82.1 cm³/mol. The van der Waals surface area contributed by atoms with E-state index in [0.717, 1.165) is 23.4 Å². The molecule has 1 aromatic rings. The van der Waals surface area contributed by atoms with Crippen LogP contribution in [0.15, 0.2) is 0 Å². The minimum Gasteiger partial charge on any atom is -0.352 e. The lowest BCUT2D eigenvalue weighted by Gasteiger charge is -2.63. The monoisotopic (exact) mass is 290 g/mol. The van der Waals surface area contributed by atoms with Gasteiger partial charge in [0.1, 0.15) is 0 Å². The fraction of sp³-hybridized carbons (Fsp3) is 0.750. The highest BCUT2D eigenvalue weighted by molar-refractivity contribution is 5.79. The number of aromatic nitrogens is 2. The molecule has 0 saturated heterocycles. The van der Waals surface area contributed by atoms with Crippen molar-refractivity contribution >= 4 is 5.91 Å². The maximum Gasteiger partial charge on any atom is 0.224 e. The number of nitrogens with one attached hydrogen (secondary N) is 2. The number of aromatic amines is 1. The van der Waals surface area contributed by atoms with Gasteiger partial charge in [-0.15, -0.1) is 0 Å². The van der Waals surface area contributed by atoms with Crippen molar-refractivity contribution in [3.63, 3.8) is 0 Å². The van der Waals surface area contributed by atoms with E-state index >= 15 is 0 Å². The molecule has 0 aliphatic heterocycles. The standard InChI is InChI=1S/C16H26N4O/c1-10-12(11(2)19-18-10)8-15(21)17-13-9-14(20(3)4)16(13)6-5-7-16/h13-14H,5-9H2,1-4H3,(H,17,21)(H,18,19). The Morgan fingerprint density at radius 2 is 2.14 bits per heavy atom. The normalized spacial score (nSPS) is 26.5. The summed E-state index contributed by atoms with van der Waals surface area (Å²) in [6, 6.07) is 0.993. The summed E-state index contributed by atoms with van der Waals surface area (Å²) in [5.41, 5.74) is 3.32. The molecule has 1 heterocycles. The van der Waals surface area contributed by atoms with E-state index in [-0.39, 0.29) is 5.91 Å². The average molecular weight is 290 g/mol. The fourth-order valence-electron chi connectivity index (χ4n) is 4.20. The summed E-state index contributed by atoms with van der Waals surface area (Å²) in [5.74, 6) is 0.135. The molecule has 2 unspecified atom stereocenters. The number of hydrogen-bond acceptors (Lipinski definition) is 3. The van der Waals surface area contributed by atoms with Crippen LogP contribution in [0.1, 0.15) is 42.6 Å². The van der Waals surface area contributed by atoms with Crippen LogP contribution >= 0.6 is 0 Å². The number of carbonyl (C=O) groups excluding carboxylic acids is 1. The lowest BCUT2D eigenvalue weighted by atomic mass is 9.49. The first-order chi connectivity index (χ1) is 9.94. The van der Waals surface area contributed by atoms with Gasteiger partial charge < -0.3 is 10.2 Å². The Labute approximate surface area is 126 Å². The second-order valence-corrected chi connectivity index (χ2v) is 7.01. The summed E-state index contributed by atoms with van der Waals surface area (Å²) in [6.07, 6.45) is 5.33. The highest BCUT2D eigenvalue weighted by Crippen LogP contribution is 2.57. The zero-order chi connectivity index (χ0) is 15.2. The van der Waals surface area contributed by atoms with Crippen LogP contribution < -0.4 is 5.32 Å². The van der Waals surface area contributed by atoms with E-state index in [1.807, 2.05) is 13.8 Å². The van der Waals surface area contributed by atoms with Crippen molar-refractivity contribution < 1.29 is 4.79 Å². The Balaban J connectivity index is 1.61. The van der Waals surface area contributed by atoms with Gasteiger partial charge in [0.2, 0.25) is 5.91 Å². The summed E-state index contributed by atoms with van der Waals surface area (Å²) in [4.78, 5) is 14.7. The number of aryl methyl sites for hydroxylation is 2. The Hall–Kier alpha value is -1.36. The molecule has 1 spiro atoms. The van der Waals surface area contributed by atoms with E-state index < -0.39 is 0 Å². The molecule has 2 N–H and O–H groups in total. The third-order valence-corrected chi connectivity index (χ3v) is 5.68. The highest BCUT2D eigenvalue weighted by Gasteiger charge is 2.59. The Bertz CT molecular complexity index is 525. The lowest BCUT2D eigenvalue weighted by molar-refractivity contribution is -0.134. The minimum atomic E-state index is 0.135. The van der Waals surface area contributed by atoms with Crippen molar-refractivity contribution in [2.75, 3.05) is 14.1 Å². The molecule has 1 amide bonds. The van der Waals surface area contributed by atoms with Gasteiger partial charge in [0.15, 0.2) is 0 Å². The number of H-pyrrole nitrogens is 1. The minimum absolute atomic E-state index is 0.135. The van der Waals surface area contributed by atoms with Gasteiger partial charge in [0.05, 0.1) is 12.1 Å². The Morgan fingerprint density at radius 1 is 1.43 bits per heavy atom. The molecule has 2 aliphatic carbocycles. The largest absolute Gasteiger partial charge is 0.352 e. The van der Waals surface area contributed by atoms with Crippen LogP contribution in [0.3, 0.4) is 0 Å². The molecule has 0 aromatic carbocycles. The second-order valence-electron chi connectivity index (χ2n) is 7.01. The first kappa shape index (κ1) is 14.6. The van der Waals surface area contributed by atoms with E-state index in [2.05, 4.69) is 34.5 Å². The van der Waals surface area contributed by atoms with E-state index in [4.69, 9.17) is 0 Å². The maximum atomic E-state index is 12.4. The molecule has 21 heavy (non-hydrogen) atoms. The molecule has 2 fully saturated rings. The number of carbonyl (C=O) groups is 1. The highest BCUT2D eigenvalue weighted by atomic mass is 16.1. The molecule has 0 radical (unpaired) electrons. The summed E-state index contributed by atoms with van der Waals surface area (Å²) in [7, 11) is 4.31. The molecule has 3 rings (SSSR count). The average Bonchev–Trinajstić information content (AvgIpc) is 2.63. The van der Waals surface area contributed by atoms with Crippen molar-refractivity contribution in [2.45, 2.75) is 58.0 Å². The van der Waals surface area contributed by atoms with Crippen molar-refractivity contribution in [3.8, 4) is 0 Å². The van der Waals surface area contributed by atoms with E-state index in [1.54, 1.807) is 0 Å². The van der Waals surface area contributed by atoms with Gasteiger partial charge in [-0.3, -0.25) is 9.89 Å². The molecular weight excluding hydrogens is 264 g/mol. The second kappa shape index (κ2) is 5.13. The van der Waals surface area contributed by atoms with Gasteiger partial charge in [0.25, 0.3) is 0 Å². The fourth-order valence-corrected chi connectivity index (χ4v) is 4.20.